The van der Waals surface area contributed by atoms with E-state index in [1.165, 1.54) is 11.3 Å². The zero-order chi connectivity index (χ0) is 19.1. The van der Waals surface area contributed by atoms with Crippen molar-refractivity contribution in [1.82, 2.24) is 20.5 Å². The van der Waals surface area contributed by atoms with E-state index < -0.39 is 0 Å². The van der Waals surface area contributed by atoms with Crippen LogP contribution in [0.25, 0.3) is 0 Å². The Hall–Kier alpha value is -3.13. The number of aromatic nitrogens is 3. The summed E-state index contributed by atoms with van der Waals surface area (Å²) in [7, 11) is 0. The summed E-state index contributed by atoms with van der Waals surface area (Å²) in [6, 6.07) is 12.2. The highest BCUT2D eigenvalue weighted by Gasteiger charge is 2.13. The molecule has 0 bridgehead atoms. The smallest absolute Gasteiger partial charge is 0.286 e. The summed E-state index contributed by atoms with van der Waals surface area (Å²) in [5.41, 5.74) is 1.88. The van der Waals surface area contributed by atoms with Gasteiger partial charge in [0.15, 0.2) is 0 Å². The van der Waals surface area contributed by atoms with Gasteiger partial charge in [0.05, 0.1) is 12.2 Å². The van der Waals surface area contributed by atoms with Crippen molar-refractivity contribution in [2.24, 2.45) is 0 Å². The minimum absolute atomic E-state index is 0.202. The van der Waals surface area contributed by atoms with Crippen LogP contribution >= 0.6 is 11.3 Å². The largest absolute Gasteiger partial charge is 0.346 e. The molecule has 0 radical (unpaired) electrons. The molecule has 0 aliphatic rings. The van der Waals surface area contributed by atoms with Crippen molar-refractivity contribution in [3.8, 4) is 0 Å². The van der Waals surface area contributed by atoms with E-state index in [9.17, 15) is 9.59 Å². The molecule has 138 valence electrons. The van der Waals surface area contributed by atoms with Crippen molar-refractivity contribution in [3.63, 3.8) is 0 Å². The molecule has 0 aliphatic heterocycles. The fraction of sp³-hybridized carbons (Fsp3) is 0.211. The van der Waals surface area contributed by atoms with E-state index in [4.69, 9.17) is 0 Å². The summed E-state index contributed by atoms with van der Waals surface area (Å²) in [4.78, 5) is 28.6. The van der Waals surface area contributed by atoms with Crippen molar-refractivity contribution >= 4 is 28.8 Å². The molecule has 3 rings (SSSR count). The molecule has 2 N–H and O–H groups in total. The number of carbonyl (C=O) groups is 2. The van der Waals surface area contributed by atoms with Crippen LogP contribution in [0.1, 0.15) is 44.2 Å². The lowest BCUT2D eigenvalue weighted by Gasteiger charge is -2.06. The Bertz CT molecular complexity index is 909. The first-order valence-electron chi connectivity index (χ1n) is 8.57. The minimum Gasteiger partial charge on any atom is -0.346 e. The summed E-state index contributed by atoms with van der Waals surface area (Å²) in [5, 5.41) is 14.7. The Morgan fingerprint density at radius 3 is 2.56 bits per heavy atom. The number of hydrogen-bond acceptors (Lipinski definition) is 6. The van der Waals surface area contributed by atoms with E-state index in [0.29, 0.717) is 22.8 Å². The van der Waals surface area contributed by atoms with Crippen LogP contribution < -0.4 is 10.6 Å². The number of anilines is 1. The molecule has 0 unspecified atom stereocenters. The van der Waals surface area contributed by atoms with Gasteiger partial charge in [-0.25, -0.2) is 0 Å². The van der Waals surface area contributed by atoms with Crippen molar-refractivity contribution in [2.75, 3.05) is 5.32 Å². The number of amides is 2. The van der Waals surface area contributed by atoms with Gasteiger partial charge in [0, 0.05) is 23.9 Å². The Balaban J connectivity index is 1.56. The van der Waals surface area contributed by atoms with Gasteiger partial charge in [-0.05, 0) is 42.8 Å². The lowest BCUT2D eigenvalue weighted by molar-refractivity contribution is 0.0950. The Morgan fingerprint density at radius 2 is 1.85 bits per heavy atom. The van der Waals surface area contributed by atoms with Gasteiger partial charge in [-0.15, -0.1) is 10.2 Å². The molecule has 2 amide bonds. The second-order valence-corrected chi connectivity index (χ2v) is 6.85. The maximum atomic E-state index is 12.2. The number of nitrogens with zero attached hydrogens (tertiary/aromatic N) is 3. The molecular weight excluding hydrogens is 362 g/mol. The molecule has 2 aromatic heterocycles. The normalized spacial score (nSPS) is 10.4. The number of carbonyl (C=O) groups excluding carboxylic acids is 2. The van der Waals surface area contributed by atoms with Crippen LogP contribution in [0.5, 0.6) is 0 Å². The van der Waals surface area contributed by atoms with E-state index in [2.05, 4.69) is 32.7 Å². The van der Waals surface area contributed by atoms with Crippen molar-refractivity contribution in [1.29, 1.82) is 0 Å². The van der Waals surface area contributed by atoms with Gasteiger partial charge in [-0.1, -0.05) is 24.3 Å². The van der Waals surface area contributed by atoms with Crippen LogP contribution in [0.3, 0.4) is 0 Å². The molecule has 27 heavy (non-hydrogen) atoms. The van der Waals surface area contributed by atoms with Crippen molar-refractivity contribution in [2.45, 2.75) is 26.3 Å². The predicted octanol–water partition coefficient (Wildman–Crippen LogP) is 3.07. The van der Waals surface area contributed by atoms with E-state index >= 15 is 0 Å². The number of rotatable bonds is 7. The standard InChI is InChI=1S/C19H19N5O2S/c1-2-5-16-23-24-19(27-16)18(26)22-14-9-7-13(8-10-14)17(25)21-12-15-6-3-4-11-20-15/h3-4,6-11H,2,5,12H2,1H3,(H,21,25)(H,22,26). The minimum atomic E-state index is -0.304. The lowest BCUT2D eigenvalue weighted by atomic mass is 10.2. The first-order valence-corrected chi connectivity index (χ1v) is 9.39. The molecule has 0 saturated carbocycles. The Morgan fingerprint density at radius 1 is 1.04 bits per heavy atom. The third-order valence-electron chi connectivity index (χ3n) is 3.69. The van der Waals surface area contributed by atoms with E-state index in [0.717, 1.165) is 23.5 Å². The number of benzene rings is 1. The molecule has 8 heteroatoms. The zero-order valence-electron chi connectivity index (χ0n) is 14.8. The van der Waals surface area contributed by atoms with Gasteiger partial charge in [0.25, 0.3) is 11.8 Å². The number of nitrogens with one attached hydrogen (secondary N) is 2. The fourth-order valence-electron chi connectivity index (χ4n) is 2.33. The van der Waals surface area contributed by atoms with Gasteiger partial charge < -0.3 is 10.6 Å². The fourth-order valence-corrected chi connectivity index (χ4v) is 3.16. The van der Waals surface area contributed by atoms with Gasteiger partial charge in [0.1, 0.15) is 5.01 Å². The molecule has 0 atom stereocenters. The second kappa shape index (κ2) is 9.00. The molecule has 3 aromatic rings. The highest BCUT2D eigenvalue weighted by molar-refractivity contribution is 7.13. The average Bonchev–Trinajstić information content (AvgIpc) is 3.17. The third-order valence-corrected chi connectivity index (χ3v) is 4.67. The summed E-state index contributed by atoms with van der Waals surface area (Å²) in [5.74, 6) is -0.505. The van der Waals surface area contributed by atoms with Crippen LogP contribution in [0, 0.1) is 0 Å². The highest BCUT2D eigenvalue weighted by atomic mass is 32.1. The monoisotopic (exact) mass is 381 g/mol. The maximum absolute atomic E-state index is 12.2. The molecule has 0 fully saturated rings. The van der Waals surface area contributed by atoms with E-state index in [1.54, 1.807) is 30.5 Å². The van der Waals surface area contributed by atoms with E-state index in [-0.39, 0.29) is 11.8 Å². The van der Waals surface area contributed by atoms with Gasteiger partial charge in [0.2, 0.25) is 5.01 Å². The topological polar surface area (TPSA) is 96.9 Å². The molecular formula is C19H19N5O2S. The molecule has 0 saturated heterocycles. The van der Waals surface area contributed by atoms with Crippen LogP contribution in [0.4, 0.5) is 5.69 Å². The van der Waals surface area contributed by atoms with Crippen LogP contribution in [0.15, 0.2) is 48.7 Å². The zero-order valence-corrected chi connectivity index (χ0v) is 15.6. The molecule has 0 aliphatic carbocycles. The number of aryl methyl sites for hydroxylation is 1. The summed E-state index contributed by atoms with van der Waals surface area (Å²) in [6.07, 6.45) is 3.45. The first kappa shape index (κ1) is 18.7. The van der Waals surface area contributed by atoms with Crippen molar-refractivity contribution < 1.29 is 9.59 Å². The summed E-state index contributed by atoms with van der Waals surface area (Å²) < 4.78 is 0. The molecule has 1 aromatic carbocycles. The number of hydrogen-bond donors (Lipinski definition) is 2. The van der Waals surface area contributed by atoms with Gasteiger partial charge in [-0.3, -0.25) is 14.6 Å². The van der Waals surface area contributed by atoms with Crippen molar-refractivity contribution in [3.05, 3.63) is 69.9 Å². The molecule has 0 spiro atoms. The molecule has 7 nitrogen and oxygen atoms in total. The summed E-state index contributed by atoms with van der Waals surface area (Å²) in [6.45, 7) is 2.41. The van der Waals surface area contributed by atoms with Gasteiger partial charge >= 0.3 is 0 Å². The third kappa shape index (κ3) is 5.18. The van der Waals surface area contributed by atoms with E-state index in [1.807, 2.05) is 18.2 Å². The second-order valence-electron chi connectivity index (χ2n) is 5.79. The highest BCUT2D eigenvalue weighted by Crippen LogP contribution is 2.15. The van der Waals surface area contributed by atoms with Gasteiger partial charge in [-0.2, -0.15) is 0 Å². The number of pyridine rings is 1. The van der Waals surface area contributed by atoms with Crippen LogP contribution in [-0.4, -0.2) is 27.0 Å². The molecule has 2 heterocycles. The maximum Gasteiger partial charge on any atom is 0.286 e. The SMILES string of the molecule is CCCc1nnc(C(=O)Nc2ccc(C(=O)NCc3ccccn3)cc2)s1. The predicted molar refractivity (Wildman–Crippen MR) is 104 cm³/mol. The van der Waals surface area contributed by atoms with Crippen LogP contribution in [0.2, 0.25) is 0 Å². The first-order chi connectivity index (χ1) is 13.2. The summed E-state index contributed by atoms with van der Waals surface area (Å²) >= 11 is 1.29. The lowest BCUT2D eigenvalue weighted by Crippen LogP contribution is -2.23. The van der Waals surface area contributed by atoms with Crippen LogP contribution in [-0.2, 0) is 13.0 Å². The Kier molecular flexibility index (Phi) is 6.22. The Labute approximate surface area is 160 Å². The quantitative estimate of drug-likeness (QED) is 0.656. The average molecular weight is 381 g/mol.